The lowest BCUT2D eigenvalue weighted by Crippen LogP contribution is -2.16. The second-order valence-electron chi connectivity index (χ2n) is 7.84. The molecule has 0 fully saturated rings. The Hall–Kier alpha value is -5.31. The Balaban J connectivity index is 2.07. The Morgan fingerprint density at radius 1 is 0.600 bits per heavy atom. The Labute approximate surface area is 230 Å². The molecule has 3 rings (SSSR count). The molecule has 0 spiro atoms. The molecule has 0 aliphatic rings. The van der Waals surface area contributed by atoms with Gasteiger partial charge in [0.05, 0.1) is 72.7 Å². The fraction of sp³-hybridized carbons (Fsp3) is 0.250. The van der Waals surface area contributed by atoms with Crippen molar-refractivity contribution in [2.45, 2.75) is 0 Å². The summed E-state index contributed by atoms with van der Waals surface area (Å²) in [4.78, 5) is 26.6. The number of methoxy groups -OCH3 is 7. The van der Waals surface area contributed by atoms with E-state index in [1.165, 1.54) is 86.2 Å². The molecule has 0 radical (unpaired) electrons. The number of benzene rings is 3. The van der Waals surface area contributed by atoms with E-state index in [1.54, 1.807) is 0 Å². The molecule has 0 heterocycles. The third kappa shape index (κ3) is 5.88. The van der Waals surface area contributed by atoms with Crippen molar-refractivity contribution in [1.82, 2.24) is 0 Å². The summed E-state index contributed by atoms with van der Waals surface area (Å²) in [6.45, 7) is 0. The normalized spacial score (nSPS) is 10.1. The largest absolute Gasteiger partial charge is 0.493 e. The smallest absolute Gasteiger partial charge is 0.344 e. The zero-order valence-corrected chi connectivity index (χ0v) is 23.0. The van der Waals surface area contributed by atoms with E-state index in [4.69, 9.17) is 37.9 Å². The average Bonchev–Trinajstić information content (AvgIpc) is 2.99. The lowest BCUT2D eigenvalue weighted by Gasteiger charge is -2.17. The van der Waals surface area contributed by atoms with Crippen molar-refractivity contribution in [3.8, 4) is 52.1 Å². The number of rotatable bonds is 11. The third-order valence-corrected chi connectivity index (χ3v) is 5.67. The lowest BCUT2D eigenvalue weighted by atomic mass is 10.1. The van der Waals surface area contributed by atoms with Gasteiger partial charge in [0.2, 0.25) is 11.5 Å². The number of carbonyl (C=O) groups is 2. The number of hydrogen-bond acceptors (Lipinski definition) is 11. The van der Waals surface area contributed by atoms with Crippen LogP contribution >= 0.6 is 0 Å². The lowest BCUT2D eigenvalue weighted by molar-refractivity contribution is 0.0728. The fourth-order valence-corrected chi connectivity index (χ4v) is 3.77. The molecule has 210 valence electrons. The van der Waals surface area contributed by atoms with Gasteiger partial charge in [0.15, 0.2) is 34.5 Å². The average molecular weight is 553 g/mol. The molecule has 3 aromatic carbocycles. The molecule has 12 heteroatoms. The second-order valence-corrected chi connectivity index (χ2v) is 7.84. The first-order valence-corrected chi connectivity index (χ1v) is 11.5. The molecule has 0 aromatic heterocycles. The van der Waals surface area contributed by atoms with E-state index in [2.05, 4.69) is 5.32 Å². The number of esters is 1. The first kappa shape index (κ1) is 29.2. The monoisotopic (exact) mass is 552 g/mol. The zero-order chi connectivity index (χ0) is 29.4. The number of nitriles is 1. The van der Waals surface area contributed by atoms with Gasteiger partial charge in [0, 0.05) is 11.6 Å². The van der Waals surface area contributed by atoms with Crippen LogP contribution in [0.4, 0.5) is 5.69 Å². The van der Waals surface area contributed by atoms with E-state index in [0.29, 0.717) is 5.75 Å². The van der Waals surface area contributed by atoms with E-state index in [0.717, 1.165) is 0 Å². The number of hydrogen-bond donors (Lipinski definition) is 1. The maximum Gasteiger partial charge on any atom is 0.344 e. The molecule has 0 saturated heterocycles. The first-order chi connectivity index (χ1) is 19.3. The SMILES string of the molecule is COc1cc(C#N)cc(NC(=O)c2cc(OC)c(OC)c(OC)c2)c1OC(=O)c1cc(OC)c(OC)c(OC)c1. The molecule has 3 aromatic rings. The highest BCUT2D eigenvalue weighted by Crippen LogP contribution is 2.42. The molecule has 0 bridgehead atoms. The van der Waals surface area contributed by atoms with Crippen molar-refractivity contribution in [3.63, 3.8) is 0 Å². The summed E-state index contributed by atoms with van der Waals surface area (Å²) in [7, 11) is 9.86. The van der Waals surface area contributed by atoms with E-state index >= 15 is 0 Å². The van der Waals surface area contributed by atoms with Crippen molar-refractivity contribution in [1.29, 1.82) is 5.26 Å². The molecule has 0 aliphatic heterocycles. The first-order valence-electron chi connectivity index (χ1n) is 11.5. The van der Waals surface area contributed by atoms with Crippen molar-refractivity contribution in [3.05, 3.63) is 53.1 Å². The number of ether oxygens (including phenoxy) is 8. The van der Waals surface area contributed by atoms with Crippen LogP contribution in [0.15, 0.2) is 36.4 Å². The van der Waals surface area contributed by atoms with E-state index in [-0.39, 0.29) is 62.6 Å². The highest BCUT2D eigenvalue weighted by Gasteiger charge is 2.24. The molecule has 12 nitrogen and oxygen atoms in total. The van der Waals surface area contributed by atoms with Gasteiger partial charge in [-0.05, 0) is 30.3 Å². The topological polar surface area (TPSA) is 144 Å². The van der Waals surface area contributed by atoms with Crippen molar-refractivity contribution < 1.29 is 47.5 Å². The van der Waals surface area contributed by atoms with Gasteiger partial charge in [-0.25, -0.2) is 4.79 Å². The van der Waals surface area contributed by atoms with Gasteiger partial charge >= 0.3 is 5.97 Å². The van der Waals surface area contributed by atoms with Gasteiger partial charge < -0.3 is 43.2 Å². The predicted molar refractivity (Wildman–Crippen MR) is 143 cm³/mol. The number of nitrogens with one attached hydrogen (secondary N) is 1. The van der Waals surface area contributed by atoms with Gasteiger partial charge in [-0.2, -0.15) is 5.26 Å². The van der Waals surface area contributed by atoms with Crippen LogP contribution in [0.25, 0.3) is 0 Å². The van der Waals surface area contributed by atoms with Crippen molar-refractivity contribution >= 4 is 17.6 Å². The van der Waals surface area contributed by atoms with Gasteiger partial charge in [-0.15, -0.1) is 0 Å². The number of nitrogens with zero attached hydrogens (tertiary/aromatic N) is 1. The number of amides is 1. The summed E-state index contributed by atoms with van der Waals surface area (Å²) < 4.78 is 42.9. The van der Waals surface area contributed by atoms with Crippen LogP contribution in [0.2, 0.25) is 0 Å². The Morgan fingerprint density at radius 3 is 1.43 bits per heavy atom. The summed E-state index contributed by atoms with van der Waals surface area (Å²) in [5.74, 6) is 0.000395. The molecule has 0 aliphatic carbocycles. The van der Waals surface area contributed by atoms with Crippen LogP contribution in [-0.2, 0) is 0 Å². The maximum atomic E-state index is 13.3. The Morgan fingerprint density at radius 2 is 1.02 bits per heavy atom. The standard InChI is InChI=1S/C28H28N2O10/c1-33-19-9-15(14-29)8-18(30-27(31)16-10-20(34-2)25(38-6)21(11-16)35-3)24(19)40-28(32)17-12-22(36-4)26(39-7)23(13-17)37-5/h8-13H,1-7H3,(H,30,31). The highest BCUT2D eigenvalue weighted by molar-refractivity contribution is 6.06. The van der Waals surface area contributed by atoms with Gasteiger partial charge in [-0.3, -0.25) is 4.79 Å². The van der Waals surface area contributed by atoms with Crippen LogP contribution in [-0.4, -0.2) is 61.6 Å². The Bertz CT molecular complexity index is 1410. The van der Waals surface area contributed by atoms with Gasteiger partial charge in [-0.1, -0.05) is 0 Å². The molecular weight excluding hydrogens is 524 g/mol. The third-order valence-electron chi connectivity index (χ3n) is 5.67. The van der Waals surface area contributed by atoms with Crippen molar-refractivity contribution in [2.75, 3.05) is 55.1 Å². The van der Waals surface area contributed by atoms with Gasteiger partial charge in [0.25, 0.3) is 5.91 Å². The van der Waals surface area contributed by atoms with Crippen LogP contribution in [0.5, 0.6) is 46.0 Å². The molecule has 0 atom stereocenters. The molecule has 0 unspecified atom stereocenters. The van der Waals surface area contributed by atoms with Crippen LogP contribution in [0, 0.1) is 11.3 Å². The summed E-state index contributed by atoms with van der Waals surface area (Å²) in [5, 5.41) is 12.2. The van der Waals surface area contributed by atoms with Crippen LogP contribution < -0.4 is 43.2 Å². The number of anilines is 1. The molecule has 40 heavy (non-hydrogen) atoms. The molecule has 1 N–H and O–H groups in total. The zero-order valence-electron chi connectivity index (χ0n) is 23.0. The van der Waals surface area contributed by atoms with E-state index in [1.807, 2.05) is 6.07 Å². The quantitative estimate of drug-likeness (QED) is 0.271. The van der Waals surface area contributed by atoms with E-state index < -0.39 is 11.9 Å². The highest BCUT2D eigenvalue weighted by atomic mass is 16.6. The summed E-state index contributed by atoms with van der Waals surface area (Å²) in [6.07, 6.45) is 0. The molecule has 0 saturated carbocycles. The summed E-state index contributed by atoms with van der Waals surface area (Å²) in [6, 6.07) is 10.4. The van der Waals surface area contributed by atoms with E-state index in [9.17, 15) is 14.9 Å². The summed E-state index contributed by atoms with van der Waals surface area (Å²) >= 11 is 0. The number of carbonyl (C=O) groups excluding carboxylic acids is 2. The van der Waals surface area contributed by atoms with Crippen molar-refractivity contribution in [2.24, 2.45) is 0 Å². The fourth-order valence-electron chi connectivity index (χ4n) is 3.77. The molecular formula is C28H28N2O10. The van der Waals surface area contributed by atoms with Crippen LogP contribution in [0.3, 0.4) is 0 Å². The Kier molecular flexibility index (Phi) is 9.48. The second kappa shape index (κ2) is 13.0. The summed E-state index contributed by atoms with van der Waals surface area (Å²) in [5.41, 5.74) is 0.334. The minimum absolute atomic E-state index is 0.00422. The molecule has 1 amide bonds. The predicted octanol–water partition coefficient (Wildman–Crippen LogP) is 4.09. The van der Waals surface area contributed by atoms with Gasteiger partial charge in [0.1, 0.15) is 0 Å². The van der Waals surface area contributed by atoms with Crippen LogP contribution in [0.1, 0.15) is 26.3 Å². The maximum absolute atomic E-state index is 13.3. The minimum Gasteiger partial charge on any atom is -0.493 e. The minimum atomic E-state index is -0.828.